The maximum Gasteiger partial charge on any atom is 0.309 e. The minimum atomic E-state index is -0.897. The van der Waals surface area contributed by atoms with Crippen molar-refractivity contribution in [1.82, 2.24) is 0 Å². The van der Waals surface area contributed by atoms with Gasteiger partial charge in [-0.1, -0.05) is 18.6 Å². The van der Waals surface area contributed by atoms with Gasteiger partial charge in [-0.3, -0.25) is 4.79 Å². The molecule has 6 aliphatic heterocycles. The predicted octanol–water partition coefficient (Wildman–Crippen LogP) is 3.00. The summed E-state index contributed by atoms with van der Waals surface area (Å²) >= 11 is 0. The van der Waals surface area contributed by atoms with Gasteiger partial charge in [0, 0.05) is 40.4 Å². The van der Waals surface area contributed by atoms with E-state index in [-0.39, 0.29) is 36.2 Å². The number of aliphatic hydroxyl groups is 3. The van der Waals surface area contributed by atoms with E-state index in [1.807, 2.05) is 20.8 Å². The van der Waals surface area contributed by atoms with Crippen LogP contribution in [0.2, 0.25) is 0 Å². The Morgan fingerprint density at radius 1 is 0.804 bits per heavy atom. The van der Waals surface area contributed by atoms with Crippen LogP contribution in [0.15, 0.2) is 23.5 Å². The van der Waals surface area contributed by atoms with E-state index in [1.54, 1.807) is 27.4 Å². The Kier molecular flexibility index (Phi) is 11.7. The molecular weight excluding hydrogens is 732 g/mol. The van der Waals surface area contributed by atoms with Gasteiger partial charge < -0.3 is 67.4 Å². The SMILES string of the molecule is CO[C@@H]1C[C@H](O[C@H]2[C@@H](O)C[C@H](O[C@H]3[C@H](C)O[C@H](O[C@@H]4CC5=CC[C@@H]6C(=O)O[C@@H]7CO[C@]8(C)OC=C(CC[C@@H]6[C@@]5(C)C[C@H]4O)[C@H]78)C[C@H]3OC)O[C@@H]2C)O[C@@H](C)[C@@H]1O. The number of methoxy groups -OCH3 is 2. The highest BCUT2D eigenvalue weighted by Gasteiger charge is 2.59. The number of fused-ring (bicyclic) bond motifs is 3. The van der Waals surface area contributed by atoms with Gasteiger partial charge in [0.25, 0.3) is 0 Å². The largest absolute Gasteiger partial charge is 0.469 e. The van der Waals surface area contributed by atoms with Crippen molar-refractivity contribution in [2.45, 2.75) is 184 Å². The van der Waals surface area contributed by atoms with Crippen LogP contribution in [0.25, 0.3) is 0 Å². The number of rotatable bonds is 8. The summed E-state index contributed by atoms with van der Waals surface area (Å²) in [5, 5.41) is 33.2. The van der Waals surface area contributed by atoms with E-state index < -0.39 is 97.2 Å². The number of carbonyl (C=O) groups is 1. The van der Waals surface area contributed by atoms with Crippen molar-refractivity contribution in [3.8, 4) is 0 Å². The summed E-state index contributed by atoms with van der Waals surface area (Å²) in [5.41, 5.74) is 1.92. The van der Waals surface area contributed by atoms with Crippen molar-refractivity contribution in [3.63, 3.8) is 0 Å². The van der Waals surface area contributed by atoms with Gasteiger partial charge in [-0.15, -0.1) is 0 Å². The number of carbonyl (C=O) groups excluding carboxylic acids is 1. The molecule has 8 aliphatic rings. The van der Waals surface area contributed by atoms with Crippen LogP contribution in [-0.2, 0) is 56.9 Å². The molecule has 0 aromatic rings. The highest BCUT2D eigenvalue weighted by atomic mass is 16.7. The zero-order chi connectivity index (χ0) is 39.7. The van der Waals surface area contributed by atoms with E-state index in [2.05, 4.69) is 13.0 Å². The van der Waals surface area contributed by atoms with Crippen LogP contribution in [0.4, 0.5) is 0 Å². The van der Waals surface area contributed by atoms with E-state index in [4.69, 9.17) is 52.1 Å². The molecule has 6 heterocycles. The first-order chi connectivity index (χ1) is 26.7. The monoisotopic (exact) mass is 794 g/mol. The number of esters is 1. The molecule has 5 saturated heterocycles. The molecular formula is C41H62O15. The quantitative estimate of drug-likeness (QED) is 0.241. The number of hydrogen-bond donors (Lipinski definition) is 3. The molecule has 0 aromatic heterocycles. The van der Waals surface area contributed by atoms with Crippen LogP contribution in [0.5, 0.6) is 0 Å². The molecule has 6 fully saturated rings. The van der Waals surface area contributed by atoms with Gasteiger partial charge in [-0.25, -0.2) is 0 Å². The summed E-state index contributed by atoms with van der Waals surface area (Å²) in [6.07, 6.45) is -0.916. The van der Waals surface area contributed by atoms with E-state index in [1.165, 1.54) is 5.57 Å². The summed E-state index contributed by atoms with van der Waals surface area (Å²) in [7, 11) is 3.16. The number of ether oxygens (including phenoxy) is 11. The maximum atomic E-state index is 13.7. The lowest BCUT2D eigenvalue weighted by molar-refractivity contribution is -0.338. The molecule has 0 spiro atoms. The highest BCUT2D eigenvalue weighted by Crippen LogP contribution is 2.57. The van der Waals surface area contributed by atoms with Crippen LogP contribution >= 0.6 is 0 Å². The number of aliphatic hydroxyl groups excluding tert-OH is 3. The van der Waals surface area contributed by atoms with E-state index >= 15 is 0 Å². The number of hydrogen-bond acceptors (Lipinski definition) is 15. The molecule has 8 rings (SSSR count). The summed E-state index contributed by atoms with van der Waals surface area (Å²) in [5.74, 6) is -1.40. The van der Waals surface area contributed by atoms with Gasteiger partial charge in [0.15, 0.2) is 18.9 Å². The zero-order valence-corrected chi connectivity index (χ0v) is 33.7. The molecule has 0 bridgehead atoms. The molecule has 20 atom stereocenters. The van der Waals surface area contributed by atoms with Crippen molar-refractivity contribution in [3.05, 3.63) is 23.5 Å². The first kappa shape index (κ1) is 41.0. The molecule has 316 valence electrons. The first-order valence-corrected chi connectivity index (χ1v) is 20.6. The molecule has 1 saturated carbocycles. The Morgan fingerprint density at radius 2 is 1.46 bits per heavy atom. The third kappa shape index (κ3) is 7.51. The van der Waals surface area contributed by atoms with Crippen LogP contribution < -0.4 is 0 Å². The van der Waals surface area contributed by atoms with E-state index in [0.29, 0.717) is 38.7 Å². The van der Waals surface area contributed by atoms with Gasteiger partial charge in [-0.05, 0) is 69.8 Å². The first-order valence-electron chi connectivity index (χ1n) is 20.6. The molecule has 3 N–H and O–H groups in total. The standard InChI is InChI=1S/C41H62O15/c1-19-36(44)29(46-6)14-34(50-19)55-37-20(2)51-32(13-26(37)42)56-38-21(3)52-33(15-30(38)47-7)53-28-12-23-9-10-24-25(40(23,4)16-27(28)43)11-8-22-17-48-41(5)35(22)31(18-49-41)54-39(24)45/h9,17,19-21,24-38,42-44H,8,10-16,18H2,1-7H3/t19-,20+,21-,24-,25-,26-,27+,28+,29+,30+,31+,32-,33+,34-,35+,36-,37+,38-,40-,41-/m0/s1. The molecule has 15 heteroatoms. The lowest BCUT2D eigenvalue weighted by atomic mass is 9.55. The molecule has 0 radical (unpaired) electrons. The van der Waals surface area contributed by atoms with E-state index in [0.717, 1.165) is 18.4 Å². The van der Waals surface area contributed by atoms with Crippen molar-refractivity contribution in [2.75, 3.05) is 20.8 Å². The van der Waals surface area contributed by atoms with Gasteiger partial charge >= 0.3 is 5.97 Å². The molecule has 0 unspecified atom stereocenters. The Hall–Kier alpha value is -1.73. The third-order valence-electron chi connectivity index (χ3n) is 14.2. The Morgan fingerprint density at radius 3 is 2.20 bits per heavy atom. The summed E-state index contributed by atoms with van der Waals surface area (Å²) in [6, 6.07) is 0. The number of allylic oxidation sites excluding steroid dienone is 1. The topological polar surface area (TPSA) is 179 Å². The molecule has 0 amide bonds. The van der Waals surface area contributed by atoms with Gasteiger partial charge in [-0.2, -0.15) is 0 Å². The lowest BCUT2D eigenvalue weighted by Crippen LogP contribution is -2.57. The second-order valence-electron chi connectivity index (χ2n) is 17.7. The Labute approximate surface area is 329 Å². The maximum absolute atomic E-state index is 13.7. The average molecular weight is 795 g/mol. The van der Waals surface area contributed by atoms with Crippen LogP contribution in [0.1, 0.15) is 86.0 Å². The Bertz CT molecular complexity index is 1480. The zero-order valence-electron chi connectivity index (χ0n) is 33.7. The van der Waals surface area contributed by atoms with Crippen LogP contribution in [-0.4, -0.2) is 140 Å². The van der Waals surface area contributed by atoms with Gasteiger partial charge in [0.1, 0.15) is 24.4 Å². The van der Waals surface area contributed by atoms with Crippen molar-refractivity contribution in [2.24, 2.45) is 23.2 Å². The highest BCUT2D eigenvalue weighted by molar-refractivity contribution is 5.74. The Balaban J connectivity index is 0.868. The lowest BCUT2D eigenvalue weighted by Gasteiger charge is -2.52. The fourth-order valence-corrected chi connectivity index (χ4v) is 11.1. The predicted molar refractivity (Wildman–Crippen MR) is 194 cm³/mol. The minimum absolute atomic E-state index is 0.00811. The van der Waals surface area contributed by atoms with Gasteiger partial charge in [0.05, 0.1) is 73.5 Å². The summed E-state index contributed by atoms with van der Waals surface area (Å²) < 4.78 is 66.9. The van der Waals surface area contributed by atoms with Crippen molar-refractivity contribution in [1.29, 1.82) is 0 Å². The second kappa shape index (κ2) is 16.0. The second-order valence-corrected chi connectivity index (χ2v) is 17.7. The third-order valence-corrected chi connectivity index (χ3v) is 14.2. The molecule has 2 aliphatic carbocycles. The van der Waals surface area contributed by atoms with Crippen molar-refractivity contribution >= 4 is 5.97 Å². The average Bonchev–Trinajstić information content (AvgIpc) is 3.67. The van der Waals surface area contributed by atoms with Crippen LogP contribution in [0, 0.1) is 23.2 Å². The summed E-state index contributed by atoms with van der Waals surface area (Å²) in [4.78, 5) is 13.7. The smallest absolute Gasteiger partial charge is 0.309 e. The summed E-state index contributed by atoms with van der Waals surface area (Å²) in [6.45, 7) is 9.89. The van der Waals surface area contributed by atoms with Crippen molar-refractivity contribution < 1.29 is 72.2 Å². The van der Waals surface area contributed by atoms with Gasteiger partial charge in [0.2, 0.25) is 5.79 Å². The van der Waals surface area contributed by atoms with E-state index in [9.17, 15) is 20.1 Å². The molecule has 56 heavy (non-hydrogen) atoms. The molecule has 15 nitrogen and oxygen atoms in total. The fraction of sp³-hybridized carbons (Fsp3) is 0.878. The van der Waals surface area contributed by atoms with Crippen LogP contribution in [0.3, 0.4) is 0 Å². The minimum Gasteiger partial charge on any atom is -0.469 e. The molecule has 0 aromatic carbocycles. The normalized spacial score (nSPS) is 51.9. The fourth-order valence-electron chi connectivity index (χ4n) is 11.1.